The molecule has 0 saturated heterocycles. The largest absolute Gasteiger partial charge is 0.507 e. The first-order valence-electron chi connectivity index (χ1n) is 6.55. The van der Waals surface area contributed by atoms with E-state index in [2.05, 4.69) is 23.5 Å². The van der Waals surface area contributed by atoms with Crippen LogP contribution in [-0.4, -0.2) is 5.11 Å². The molecule has 1 aliphatic heterocycles. The van der Waals surface area contributed by atoms with Gasteiger partial charge in [-0.25, -0.2) is 0 Å². The van der Waals surface area contributed by atoms with Gasteiger partial charge in [0.05, 0.1) is 11.3 Å². The van der Waals surface area contributed by atoms with Crippen LogP contribution in [0.4, 0.5) is 5.69 Å². The van der Waals surface area contributed by atoms with Crippen LogP contribution >= 0.6 is 0 Å². The van der Waals surface area contributed by atoms with Crippen LogP contribution in [0.5, 0.6) is 11.5 Å². The van der Waals surface area contributed by atoms with E-state index in [1.165, 1.54) is 5.39 Å². The van der Waals surface area contributed by atoms with Crippen LogP contribution in [0.15, 0.2) is 60.7 Å². The Hall–Kier alpha value is -2.68. The quantitative estimate of drug-likeness (QED) is 0.696. The fourth-order valence-electron chi connectivity index (χ4n) is 2.58. The Morgan fingerprint density at radius 3 is 2.40 bits per heavy atom. The van der Waals surface area contributed by atoms with Gasteiger partial charge in [-0.1, -0.05) is 36.4 Å². The van der Waals surface area contributed by atoms with Crippen molar-refractivity contribution in [3.05, 3.63) is 66.2 Å². The van der Waals surface area contributed by atoms with E-state index in [1.807, 2.05) is 30.3 Å². The van der Waals surface area contributed by atoms with Crippen molar-refractivity contribution >= 4 is 16.5 Å². The van der Waals surface area contributed by atoms with Crippen molar-refractivity contribution in [3.63, 3.8) is 0 Å². The second-order valence-electron chi connectivity index (χ2n) is 4.90. The molecule has 4 rings (SSSR count). The molecule has 0 bridgehead atoms. The van der Waals surface area contributed by atoms with Crippen molar-refractivity contribution in [1.82, 2.24) is 0 Å². The first-order valence-corrected chi connectivity index (χ1v) is 6.55. The maximum atomic E-state index is 9.92. The molecule has 1 aliphatic rings. The van der Waals surface area contributed by atoms with Crippen LogP contribution in [0.3, 0.4) is 0 Å². The van der Waals surface area contributed by atoms with E-state index in [1.54, 1.807) is 12.1 Å². The standard InChI is InChI=1S/C17H13NO2/c19-15-8-4-3-7-13(15)17-18-14-9-11-5-1-2-6-12(11)10-16(14)20-17/h1-10,17-19H. The molecule has 1 unspecified atom stereocenters. The van der Waals surface area contributed by atoms with E-state index in [-0.39, 0.29) is 12.0 Å². The summed E-state index contributed by atoms with van der Waals surface area (Å²) in [7, 11) is 0. The fraction of sp³-hybridized carbons (Fsp3) is 0.0588. The molecule has 0 fully saturated rings. The summed E-state index contributed by atoms with van der Waals surface area (Å²) >= 11 is 0. The maximum absolute atomic E-state index is 9.92. The Balaban J connectivity index is 1.77. The lowest BCUT2D eigenvalue weighted by Gasteiger charge is -2.12. The van der Waals surface area contributed by atoms with Gasteiger partial charge in [0.2, 0.25) is 0 Å². The summed E-state index contributed by atoms with van der Waals surface area (Å²) in [6, 6.07) is 19.5. The topological polar surface area (TPSA) is 41.5 Å². The third-order valence-electron chi connectivity index (χ3n) is 3.60. The number of rotatable bonds is 1. The van der Waals surface area contributed by atoms with Gasteiger partial charge in [0.15, 0.2) is 6.23 Å². The molecule has 3 nitrogen and oxygen atoms in total. The van der Waals surface area contributed by atoms with Crippen molar-refractivity contribution in [2.45, 2.75) is 6.23 Å². The van der Waals surface area contributed by atoms with Crippen molar-refractivity contribution in [3.8, 4) is 11.5 Å². The van der Waals surface area contributed by atoms with Gasteiger partial charge in [-0.2, -0.15) is 0 Å². The molecule has 3 aromatic carbocycles. The summed E-state index contributed by atoms with van der Waals surface area (Å²) < 4.78 is 5.91. The molecule has 3 heteroatoms. The average molecular weight is 263 g/mol. The van der Waals surface area contributed by atoms with Crippen molar-refractivity contribution in [1.29, 1.82) is 0 Å². The smallest absolute Gasteiger partial charge is 0.200 e. The predicted octanol–water partition coefficient (Wildman–Crippen LogP) is 4.05. The molecule has 1 heterocycles. The molecule has 0 aromatic heterocycles. The van der Waals surface area contributed by atoms with E-state index in [4.69, 9.17) is 4.74 Å². The number of fused-ring (bicyclic) bond motifs is 2. The van der Waals surface area contributed by atoms with Crippen LogP contribution in [0.1, 0.15) is 11.8 Å². The molecule has 98 valence electrons. The van der Waals surface area contributed by atoms with Gasteiger partial charge in [0, 0.05) is 0 Å². The molecule has 3 aromatic rings. The van der Waals surface area contributed by atoms with E-state index in [0.29, 0.717) is 0 Å². The maximum Gasteiger partial charge on any atom is 0.200 e. The number of aromatic hydroxyl groups is 1. The number of hydrogen-bond acceptors (Lipinski definition) is 3. The summed E-state index contributed by atoms with van der Waals surface area (Å²) in [5.74, 6) is 1.05. The zero-order valence-electron chi connectivity index (χ0n) is 10.7. The minimum Gasteiger partial charge on any atom is -0.507 e. The van der Waals surface area contributed by atoms with E-state index in [9.17, 15) is 5.11 Å². The Morgan fingerprint density at radius 1 is 0.900 bits per heavy atom. The van der Waals surface area contributed by atoms with Gasteiger partial charge >= 0.3 is 0 Å². The highest BCUT2D eigenvalue weighted by Gasteiger charge is 2.25. The van der Waals surface area contributed by atoms with Crippen LogP contribution < -0.4 is 10.1 Å². The average Bonchev–Trinajstić information content (AvgIpc) is 2.87. The van der Waals surface area contributed by atoms with Crippen LogP contribution in [0, 0.1) is 0 Å². The Labute approximate surface area is 116 Å². The number of hydrogen-bond donors (Lipinski definition) is 2. The second kappa shape index (κ2) is 4.17. The minimum atomic E-state index is -0.344. The van der Waals surface area contributed by atoms with Crippen LogP contribution in [0.25, 0.3) is 10.8 Å². The van der Waals surface area contributed by atoms with Gasteiger partial charge in [0.25, 0.3) is 0 Å². The Kier molecular flexibility index (Phi) is 2.33. The summed E-state index contributed by atoms with van der Waals surface area (Å²) in [5, 5.41) is 15.5. The van der Waals surface area contributed by atoms with E-state index in [0.717, 1.165) is 22.4 Å². The summed E-state index contributed by atoms with van der Waals surface area (Å²) in [6.07, 6.45) is -0.344. The highest BCUT2D eigenvalue weighted by molar-refractivity contribution is 5.89. The normalized spacial score (nSPS) is 16.5. The van der Waals surface area contributed by atoms with Gasteiger partial charge in [0.1, 0.15) is 11.5 Å². The monoisotopic (exact) mass is 263 g/mol. The van der Waals surface area contributed by atoms with E-state index >= 15 is 0 Å². The fourth-order valence-corrected chi connectivity index (χ4v) is 2.58. The third-order valence-corrected chi connectivity index (χ3v) is 3.60. The molecule has 0 aliphatic carbocycles. The lowest BCUT2D eigenvalue weighted by atomic mass is 10.1. The van der Waals surface area contributed by atoms with Gasteiger partial charge in [-0.3, -0.25) is 0 Å². The second-order valence-corrected chi connectivity index (χ2v) is 4.90. The highest BCUT2D eigenvalue weighted by Crippen LogP contribution is 2.42. The number of benzene rings is 3. The molecule has 1 atom stereocenters. The molecule has 0 saturated carbocycles. The van der Waals surface area contributed by atoms with Gasteiger partial charge in [-0.05, 0) is 35.0 Å². The summed E-state index contributed by atoms with van der Waals surface area (Å²) in [6.45, 7) is 0. The number of nitrogens with one attached hydrogen (secondary N) is 1. The lowest BCUT2D eigenvalue weighted by molar-refractivity contribution is 0.254. The highest BCUT2D eigenvalue weighted by atomic mass is 16.5. The first kappa shape index (κ1) is 11.2. The molecule has 0 radical (unpaired) electrons. The summed E-state index contributed by atoms with van der Waals surface area (Å²) in [4.78, 5) is 0. The molecule has 20 heavy (non-hydrogen) atoms. The van der Waals surface area contributed by atoms with Gasteiger partial charge < -0.3 is 15.2 Å². The Morgan fingerprint density at radius 2 is 1.60 bits per heavy atom. The number of ether oxygens (including phenoxy) is 1. The minimum absolute atomic E-state index is 0.238. The lowest BCUT2D eigenvalue weighted by Crippen LogP contribution is -2.10. The number of phenolic OH excluding ortho intramolecular Hbond substituents is 1. The SMILES string of the molecule is Oc1ccccc1C1Nc2cc3ccccc3cc2O1. The number of para-hydroxylation sites is 1. The first-order chi connectivity index (χ1) is 9.81. The number of phenols is 1. The molecule has 0 spiro atoms. The van der Waals surface area contributed by atoms with Crippen molar-refractivity contribution in [2.24, 2.45) is 0 Å². The predicted molar refractivity (Wildman–Crippen MR) is 79.0 cm³/mol. The van der Waals surface area contributed by atoms with E-state index < -0.39 is 0 Å². The molecule has 0 amide bonds. The molecular formula is C17H13NO2. The molecule has 2 N–H and O–H groups in total. The van der Waals surface area contributed by atoms with Crippen LogP contribution in [0.2, 0.25) is 0 Å². The van der Waals surface area contributed by atoms with Crippen molar-refractivity contribution in [2.75, 3.05) is 5.32 Å². The van der Waals surface area contributed by atoms with Crippen LogP contribution in [-0.2, 0) is 0 Å². The van der Waals surface area contributed by atoms with Crippen molar-refractivity contribution < 1.29 is 9.84 Å². The zero-order chi connectivity index (χ0) is 13.5. The summed E-state index contributed by atoms with van der Waals surface area (Å²) in [5.41, 5.74) is 1.70. The zero-order valence-corrected chi connectivity index (χ0v) is 10.7. The molecular weight excluding hydrogens is 250 g/mol. The third kappa shape index (κ3) is 1.67. The van der Waals surface area contributed by atoms with Gasteiger partial charge in [-0.15, -0.1) is 0 Å². The number of anilines is 1. The Bertz CT molecular complexity index is 753.